The third-order valence-electron chi connectivity index (χ3n) is 7.92. The molecule has 45 heavy (non-hydrogen) atoms. The van der Waals surface area contributed by atoms with Crippen LogP contribution in [-0.4, -0.2) is 33.8 Å². The molecule has 1 N–H and O–H groups in total. The molecule has 2 atom stereocenters. The number of aromatic nitrogens is 2. The van der Waals surface area contributed by atoms with Gasteiger partial charge >= 0.3 is 0 Å². The Balaban J connectivity index is 1.41. The number of nitro groups is 1. The number of aryl methyl sites for hydroxylation is 1. The highest BCUT2D eigenvalue weighted by Gasteiger charge is 2.42. The number of hydrogen-bond acceptors (Lipinski definition) is 7. The van der Waals surface area contributed by atoms with Crippen LogP contribution in [0.25, 0.3) is 5.69 Å². The fourth-order valence-corrected chi connectivity index (χ4v) is 6.17. The fourth-order valence-electron chi connectivity index (χ4n) is 5.83. The molecule has 1 aliphatic heterocycles. The van der Waals surface area contributed by atoms with E-state index in [0.717, 1.165) is 34.1 Å². The molecule has 10 nitrogen and oxygen atoms in total. The van der Waals surface area contributed by atoms with Crippen molar-refractivity contribution in [3.05, 3.63) is 130 Å². The Kier molecular flexibility index (Phi) is 8.10. The van der Waals surface area contributed by atoms with Gasteiger partial charge in [0.15, 0.2) is 5.11 Å². The van der Waals surface area contributed by atoms with Gasteiger partial charge in [-0.05, 0) is 110 Å². The number of benzene rings is 3. The van der Waals surface area contributed by atoms with Crippen LogP contribution in [0.15, 0.2) is 97.2 Å². The topological polar surface area (TPSA) is 104 Å². The number of anilines is 1. The van der Waals surface area contributed by atoms with Crippen LogP contribution >= 0.6 is 12.2 Å². The second-order valence-electron chi connectivity index (χ2n) is 10.5. The summed E-state index contributed by atoms with van der Waals surface area (Å²) < 4.78 is 18.5. The van der Waals surface area contributed by atoms with E-state index in [0.29, 0.717) is 28.0 Å². The van der Waals surface area contributed by atoms with Crippen LogP contribution in [0, 0.1) is 24.0 Å². The van der Waals surface area contributed by atoms with Gasteiger partial charge in [0.25, 0.3) is 5.69 Å². The van der Waals surface area contributed by atoms with Gasteiger partial charge in [-0.2, -0.15) is 0 Å². The minimum atomic E-state index is -0.388. The number of pyridine rings is 1. The first kappa shape index (κ1) is 29.6. The lowest BCUT2D eigenvalue weighted by molar-refractivity contribution is -0.384. The van der Waals surface area contributed by atoms with Gasteiger partial charge in [-0.25, -0.2) is 0 Å². The monoisotopic (exact) mass is 621 g/mol. The molecule has 0 aliphatic carbocycles. The van der Waals surface area contributed by atoms with Crippen molar-refractivity contribution in [3.63, 3.8) is 0 Å². The van der Waals surface area contributed by atoms with Gasteiger partial charge in [0.2, 0.25) is 0 Å². The molecule has 0 saturated carbocycles. The number of nitrogens with zero attached hydrogens (tertiary/aromatic N) is 4. The molecule has 1 fully saturated rings. The first-order valence-electron chi connectivity index (χ1n) is 14.2. The molecule has 0 radical (unpaired) electrons. The lowest BCUT2D eigenvalue weighted by Gasteiger charge is -2.28. The summed E-state index contributed by atoms with van der Waals surface area (Å²) >= 11 is 5.93. The van der Waals surface area contributed by atoms with Crippen molar-refractivity contribution in [1.29, 1.82) is 0 Å². The third-order valence-corrected chi connectivity index (χ3v) is 8.23. The summed E-state index contributed by atoms with van der Waals surface area (Å²) in [6.45, 7) is 3.91. The van der Waals surface area contributed by atoms with Gasteiger partial charge < -0.3 is 29.0 Å². The smallest absolute Gasteiger partial charge is 0.296 e. The molecule has 0 bridgehead atoms. The van der Waals surface area contributed by atoms with E-state index in [1.807, 2.05) is 85.1 Å². The predicted molar refractivity (Wildman–Crippen MR) is 176 cm³/mol. The number of nitrogens with one attached hydrogen (secondary N) is 1. The average Bonchev–Trinajstić information content (AvgIpc) is 3.56. The van der Waals surface area contributed by atoms with Crippen molar-refractivity contribution in [2.75, 3.05) is 19.1 Å². The molecular formula is C34H31N5O5S. The first-order valence-corrected chi connectivity index (χ1v) is 14.6. The highest BCUT2D eigenvalue weighted by Crippen LogP contribution is 2.45. The van der Waals surface area contributed by atoms with E-state index in [2.05, 4.69) is 21.3 Å². The highest BCUT2D eigenvalue weighted by atomic mass is 32.1. The zero-order chi connectivity index (χ0) is 31.7. The molecule has 3 heterocycles. The molecule has 228 valence electrons. The third kappa shape index (κ3) is 5.65. The van der Waals surface area contributed by atoms with E-state index < -0.39 is 0 Å². The van der Waals surface area contributed by atoms with Crippen molar-refractivity contribution >= 4 is 28.7 Å². The van der Waals surface area contributed by atoms with Gasteiger partial charge in [0, 0.05) is 23.3 Å². The molecule has 1 saturated heterocycles. The van der Waals surface area contributed by atoms with Gasteiger partial charge in [-0.3, -0.25) is 15.1 Å². The Hall–Kier alpha value is -5.42. The number of hydrogen-bond donors (Lipinski definition) is 1. The molecule has 2 aromatic heterocycles. The van der Waals surface area contributed by atoms with Crippen molar-refractivity contribution in [2.45, 2.75) is 25.9 Å². The average molecular weight is 622 g/mol. The SMILES string of the molecule is COc1ccc(Oc2ccc(N3C(=S)NC(c4ccccn4)C3c3cc(C)n(-c4ccc(OC)cc4[N+](=O)[O-])c3C)cc2)cc1. The molecule has 6 rings (SSSR count). The van der Waals surface area contributed by atoms with E-state index in [9.17, 15) is 10.1 Å². The zero-order valence-corrected chi connectivity index (χ0v) is 25.9. The number of thiocarbonyl (C=S) groups is 1. The van der Waals surface area contributed by atoms with Crippen LogP contribution in [0.5, 0.6) is 23.0 Å². The van der Waals surface area contributed by atoms with Crippen molar-refractivity contribution < 1.29 is 19.1 Å². The summed E-state index contributed by atoms with van der Waals surface area (Å²) in [6, 6.07) is 27.3. The largest absolute Gasteiger partial charge is 0.497 e. The molecule has 5 aromatic rings. The van der Waals surface area contributed by atoms with E-state index in [1.165, 1.54) is 13.2 Å². The van der Waals surface area contributed by atoms with Crippen LogP contribution in [0.4, 0.5) is 11.4 Å². The van der Waals surface area contributed by atoms with Crippen LogP contribution < -0.4 is 24.4 Å². The minimum Gasteiger partial charge on any atom is -0.497 e. The van der Waals surface area contributed by atoms with Gasteiger partial charge in [-0.15, -0.1) is 0 Å². The Morgan fingerprint density at radius 3 is 2.13 bits per heavy atom. The van der Waals surface area contributed by atoms with Gasteiger partial charge in [-0.1, -0.05) is 6.07 Å². The lowest BCUT2D eigenvalue weighted by atomic mass is 9.96. The Labute approximate surface area is 266 Å². The van der Waals surface area contributed by atoms with Crippen molar-refractivity contribution in [2.24, 2.45) is 0 Å². The molecule has 0 spiro atoms. The van der Waals surface area contributed by atoms with E-state index in [4.69, 9.17) is 26.4 Å². The summed E-state index contributed by atoms with van der Waals surface area (Å²) in [5, 5.41) is 16.1. The maximum absolute atomic E-state index is 12.1. The number of rotatable bonds is 9. The Morgan fingerprint density at radius 2 is 1.51 bits per heavy atom. The van der Waals surface area contributed by atoms with Crippen LogP contribution in [0.3, 0.4) is 0 Å². The summed E-state index contributed by atoms with van der Waals surface area (Å²) in [5.41, 5.74) is 4.74. The molecule has 3 aromatic carbocycles. The van der Waals surface area contributed by atoms with Gasteiger partial charge in [0.05, 0.1) is 43.0 Å². The second-order valence-corrected chi connectivity index (χ2v) is 10.9. The van der Waals surface area contributed by atoms with Gasteiger partial charge in [0.1, 0.15) is 28.7 Å². The zero-order valence-electron chi connectivity index (χ0n) is 25.1. The molecule has 1 aliphatic rings. The number of ether oxygens (including phenoxy) is 3. The van der Waals surface area contributed by atoms with E-state index in [1.54, 1.807) is 25.4 Å². The summed E-state index contributed by atoms with van der Waals surface area (Å²) in [4.78, 5) is 18.5. The quantitative estimate of drug-likeness (QED) is 0.103. The molecular weight excluding hydrogens is 590 g/mol. The van der Waals surface area contributed by atoms with Crippen molar-refractivity contribution in [1.82, 2.24) is 14.9 Å². The van der Waals surface area contributed by atoms with E-state index in [-0.39, 0.29) is 22.7 Å². The second kappa shape index (κ2) is 12.3. The first-order chi connectivity index (χ1) is 21.8. The lowest BCUT2D eigenvalue weighted by Crippen LogP contribution is -2.29. The highest BCUT2D eigenvalue weighted by molar-refractivity contribution is 7.80. The minimum absolute atomic E-state index is 0.0478. The summed E-state index contributed by atoms with van der Waals surface area (Å²) in [5.74, 6) is 2.53. The standard InChI is InChI=1S/C34H31N5O5S/c1-21-19-28(22(2)37(21)30-17-16-27(43-4)20-31(30)39(40)41)33-32(29-7-5-6-18-35-29)36-34(45)38(33)23-8-10-25(11-9-23)44-26-14-12-24(42-3)13-15-26/h5-20,32-33H,1-4H3,(H,36,45). The fraction of sp³-hybridized carbons (Fsp3) is 0.176. The maximum atomic E-state index is 12.1. The summed E-state index contributed by atoms with van der Waals surface area (Å²) in [6.07, 6.45) is 1.76. The number of methoxy groups -OCH3 is 2. The summed E-state index contributed by atoms with van der Waals surface area (Å²) in [7, 11) is 3.11. The molecule has 2 unspecified atom stereocenters. The predicted octanol–water partition coefficient (Wildman–Crippen LogP) is 7.38. The molecule has 11 heteroatoms. The van der Waals surface area contributed by atoms with Crippen LogP contribution in [-0.2, 0) is 0 Å². The molecule has 0 amide bonds. The maximum Gasteiger partial charge on any atom is 0.296 e. The van der Waals surface area contributed by atoms with E-state index >= 15 is 0 Å². The number of nitro benzene ring substituents is 1. The van der Waals surface area contributed by atoms with Crippen LogP contribution in [0.2, 0.25) is 0 Å². The van der Waals surface area contributed by atoms with Crippen molar-refractivity contribution in [3.8, 4) is 28.7 Å². The van der Waals surface area contributed by atoms with Crippen LogP contribution in [0.1, 0.15) is 34.7 Å². The normalized spacial score (nSPS) is 15.9. The Bertz CT molecular complexity index is 1860. The Morgan fingerprint density at radius 1 is 0.867 bits per heavy atom.